The van der Waals surface area contributed by atoms with Crippen molar-refractivity contribution in [3.8, 4) is 22.6 Å². The lowest BCUT2D eigenvalue weighted by Gasteiger charge is -2.30. The zero-order valence-electron chi connectivity index (χ0n) is 38.4. The van der Waals surface area contributed by atoms with E-state index in [4.69, 9.17) is 20.9 Å². The summed E-state index contributed by atoms with van der Waals surface area (Å²) in [5.74, 6) is -6.75. The highest BCUT2D eigenvalue weighted by Crippen LogP contribution is 2.34. The summed E-state index contributed by atoms with van der Waals surface area (Å²) in [7, 11) is 1.01. The molecule has 67 heavy (non-hydrogen) atoms. The molecule has 4 bridgehead atoms. The first kappa shape index (κ1) is 54.4. The second-order valence-corrected chi connectivity index (χ2v) is 17.6. The molecule has 0 radical (unpaired) electrons. The summed E-state index contributed by atoms with van der Waals surface area (Å²) in [4.78, 5) is 98.5. The number of aliphatic imine (C=N–C) groups is 1. The van der Waals surface area contributed by atoms with Crippen LogP contribution in [0.1, 0.15) is 78.0 Å². The van der Waals surface area contributed by atoms with Crippen LogP contribution in [0.5, 0.6) is 11.5 Å². The number of guanidine groups is 1. The molecule has 0 unspecified atom stereocenters. The summed E-state index contributed by atoms with van der Waals surface area (Å²) in [5.41, 5.74) is 9.35. The molecule has 15 N–H and O–H groups in total. The predicted octanol–water partition coefficient (Wildman–Crippen LogP) is -1.32. The number of nitrogens with one attached hydrogen (secondary N) is 6. The number of amides is 6. The van der Waals surface area contributed by atoms with Gasteiger partial charge in [-0.1, -0.05) is 12.1 Å². The topological polar surface area (TPSA) is 385 Å². The Bertz CT molecular complexity index is 2140. The second-order valence-electron chi connectivity index (χ2n) is 17.6. The maximum atomic E-state index is 14.5. The summed E-state index contributed by atoms with van der Waals surface area (Å²) in [6.45, 7) is 8.07. The van der Waals surface area contributed by atoms with Gasteiger partial charge in [-0.3, -0.25) is 24.2 Å². The highest BCUT2D eigenvalue weighted by atomic mass is 16.6. The quantitative estimate of drug-likeness (QED) is 0.0324. The van der Waals surface area contributed by atoms with Crippen molar-refractivity contribution in [1.29, 1.82) is 0 Å². The number of fused-ring (bicyclic) bond motifs is 5. The number of hydrogen-bond acceptors (Lipinski definition) is 16. The van der Waals surface area contributed by atoms with Gasteiger partial charge >= 0.3 is 18.2 Å². The third kappa shape index (κ3) is 17.4. The van der Waals surface area contributed by atoms with Crippen LogP contribution in [0.3, 0.4) is 0 Å². The molecule has 2 aromatic rings. The fourth-order valence-electron chi connectivity index (χ4n) is 6.50. The Morgan fingerprint density at radius 1 is 0.866 bits per heavy atom. The number of alkyl carbamates (subject to hydrolysis) is 2. The number of methoxy groups -OCH3 is 1. The second kappa shape index (κ2) is 24.0. The van der Waals surface area contributed by atoms with Crippen LogP contribution in [0.15, 0.2) is 41.4 Å². The van der Waals surface area contributed by atoms with Crippen LogP contribution in [-0.2, 0) is 44.6 Å². The lowest BCUT2D eigenvalue weighted by atomic mass is 9.93. The molecular weight excluding hydrogens is 883 g/mol. The molecule has 24 heteroatoms. The zero-order chi connectivity index (χ0) is 50.4. The van der Waals surface area contributed by atoms with E-state index in [1.807, 2.05) is 0 Å². The van der Waals surface area contributed by atoms with Crippen molar-refractivity contribution in [2.24, 2.45) is 16.5 Å². The Balaban J connectivity index is 2.22. The Morgan fingerprint density at radius 3 is 2.07 bits per heavy atom. The molecule has 370 valence electrons. The standard InChI is InChI=1S/C43H63N9O15/c1-42(2,3)66-40(63)47-19-24(54)18-28-36(60)52-32(37(61)48-26(9-8-14-46-39(44)45)34(58)50-29(20-53)38(62)65-7)33(57)25-16-22(11-13-31(25)56)21-10-12-30(55)23(15-21)17-27(35(59)49-28)51-41(64)67-43(4,5)6/h10-13,15-16,24,26-29,32-33,53-57H,8-9,14,17-20H2,1-7H3,(H,47,63)(H,48,61)(H,49,59)(H,50,58)(H,51,64)(H,52,60)(H4,44,45,46)/t24-,26+,27+,28-,29+,32-,33+/m1/s1. The Morgan fingerprint density at radius 2 is 1.48 bits per heavy atom. The number of aromatic hydroxyl groups is 2. The van der Waals surface area contributed by atoms with Crippen LogP contribution in [-0.4, -0.2) is 148 Å². The van der Waals surface area contributed by atoms with Gasteiger partial charge in [0, 0.05) is 31.5 Å². The molecule has 1 heterocycles. The lowest BCUT2D eigenvalue weighted by molar-refractivity contribution is -0.146. The van der Waals surface area contributed by atoms with Gasteiger partial charge in [-0.25, -0.2) is 14.4 Å². The molecule has 7 atom stereocenters. The fraction of sp³-hybridized carbons (Fsp3) is 0.535. The van der Waals surface area contributed by atoms with Crippen molar-refractivity contribution in [1.82, 2.24) is 31.9 Å². The minimum atomic E-state index is -2.15. The SMILES string of the molecule is COC(=O)[C@H](CO)NC(=O)[C@H](CCCN=C(N)N)NC(=O)[C@@H]1NC(=O)[C@@H](C[C@@H](O)CNC(=O)OC(C)(C)C)NC(=O)[C@@H](NC(=O)OC(C)(C)C)Cc2cc(ccc2O)-c2ccc(O)c(c2)[C@@H]1O. The largest absolute Gasteiger partial charge is 0.508 e. The van der Waals surface area contributed by atoms with Crippen LogP contribution in [0.4, 0.5) is 9.59 Å². The normalized spacial score (nSPS) is 19.0. The van der Waals surface area contributed by atoms with Crippen molar-refractivity contribution in [3.05, 3.63) is 47.5 Å². The van der Waals surface area contributed by atoms with Crippen molar-refractivity contribution in [2.75, 3.05) is 26.8 Å². The van der Waals surface area contributed by atoms with Crippen LogP contribution >= 0.6 is 0 Å². The van der Waals surface area contributed by atoms with Crippen LogP contribution in [0.2, 0.25) is 0 Å². The number of benzene rings is 2. The number of nitrogens with zero attached hydrogens (tertiary/aromatic N) is 1. The zero-order valence-corrected chi connectivity index (χ0v) is 38.4. The number of phenols is 2. The summed E-state index contributed by atoms with van der Waals surface area (Å²) in [6, 6.07) is -0.569. The highest BCUT2D eigenvalue weighted by Gasteiger charge is 2.38. The van der Waals surface area contributed by atoms with E-state index in [-0.39, 0.29) is 42.2 Å². The van der Waals surface area contributed by atoms with Gasteiger partial charge < -0.3 is 83.1 Å². The third-order valence-corrected chi connectivity index (χ3v) is 9.67. The van der Waals surface area contributed by atoms with Crippen LogP contribution in [0.25, 0.3) is 11.1 Å². The van der Waals surface area contributed by atoms with Crippen molar-refractivity contribution >= 4 is 47.7 Å². The first-order valence-electron chi connectivity index (χ1n) is 21.1. The van der Waals surface area contributed by atoms with Crippen LogP contribution in [0, 0.1) is 0 Å². The van der Waals surface area contributed by atoms with E-state index in [1.165, 1.54) is 36.4 Å². The average Bonchev–Trinajstić information content (AvgIpc) is 3.23. The molecule has 3 rings (SSSR count). The molecule has 0 spiro atoms. The van der Waals surface area contributed by atoms with Gasteiger partial charge in [0.2, 0.25) is 23.6 Å². The molecule has 1 aliphatic rings. The minimum absolute atomic E-state index is 0.0388. The first-order chi connectivity index (χ1) is 31.2. The Labute approximate surface area is 386 Å². The van der Waals surface area contributed by atoms with Gasteiger partial charge in [0.15, 0.2) is 12.0 Å². The number of aliphatic hydroxyl groups is 3. The monoisotopic (exact) mass is 945 g/mol. The summed E-state index contributed by atoms with van der Waals surface area (Å²) >= 11 is 0. The molecule has 2 aromatic carbocycles. The lowest BCUT2D eigenvalue weighted by Crippen LogP contribution is -2.61. The minimum Gasteiger partial charge on any atom is -0.508 e. The number of ether oxygens (including phenoxy) is 3. The Kier molecular flexibility index (Phi) is 19.5. The number of phenolic OH excluding ortho intramolecular Hbond substituents is 2. The van der Waals surface area contributed by atoms with E-state index < -0.39 is 127 Å². The first-order valence-corrected chi connectivity index (χ1v) is 21.1. The molecule has 1 aliphatic heterocycles. The Hall–Kier alpha value is -6.92. The number of rotatable bonds is 15. The van der Waals surface area contributed by atoms with E-state index >= 15 is 0 Å². The van der Waals surface area contributed by atoms with E-state index in [0.717, 1.165) is 7.11 Å². The molecule has 24 nitrogen and oxygen atoms in total. The van der Waals surface area contributed by atoms with Crippen molar-refractivity contribution in [2.45, 2.75) is 121 Å². The van der Waals surface area contributed by atoms with Gasteiger partial charge in [0.05, 0.1) is 19.8 Å². The summed E-state index contributed by atoms with van der Waals surface area (Å²) in [6.07, 6.45) is -7.03. The third-order valence-electron chi connectivity index (χ3n) is 9.67. The van der Waals surface area contributed by atoms with Gasteiger partial charge in [-0.15, -0.1) is 0 Å². The van der Waals surface area contributed by atoms with Gasteiger partial charge in [-0.2, -0.15) is 0 Å². The van der Waals surface area contributed by atoms with E-state index in [2.05, 4.69) is 41.6 Å². The summed E-state index contributed by atoms with van der Waals surface area (Å²) in [5, 5.41) is 69.3. The smallest absolute Gasteiger partial charge is 0.408 e. The maximum absolute atomic E-state index is 14.5. The van der Waals surface area contributed by atoms with Gasteiger partial charge in [-0.05, 0) is 95.3 Å². The number of hydrogen-bond donors (Lipinski definition) is 13. The van der Waals surface area contributed by atoms with E-state index in [0.29, 0.717) is 11.1 Å². The highest BCUT2D eigenvalue weighted by molar-refractivity contribution is 5.96. The summed E-state index contributed by atoms with van der Waals surface area (Å²) < 4.78 is 15.2. The average molecular weight is 946 g/mol. The van der Waals surface area contributed by atoms with E-state index in [1.54, 1.807) is 41.5 Å². The molecule has 0 saturated carbocycles. The van der Waals surface area contributed by atoms with Gasteiger partial charge in [0.1, 0.15) is 53.0 Å². The van der Waals surface area contributed by atoms with E-state index in [9.17, 15) is 59.1 Å². The van der Waals surface area contributed by atoms with Crippen molar-refractivity contribution in [3.63, 3.8) is 0 Å². The maximum Gasteiger partial charge on any atom is 0.408 e. The molecule has 0 aromatic heterocycles. The predicted molar refractivity (Wildman–Crippen MR) is 239 cm³/mol. The molecule has 0 fully saturated rings. The van der Waals surface area contributed by atoms with Crippen LogP contribution < -0.4 is 43.4 Å². The van der Waals surface area contributed by atoms with Gasteiger partial charge in [0.25, 0.3) is 0 Å². The molecule has 6 amide bonds. The number of esters is 1. The molecule has 0 saturated heterocycles. The molecule has 0 aliphatic carbocycles. The number of aliphatic hydroxyl groups excluding tert-OH is 3. The fourth-order valence-corrected chi connectivity index (χ4v) is 6.50. The number of carbonyl (C=O) groups excluding carboxylic acids is 7. The number of nitrogens with two attached hydrogens (primary N) is 2. The van der Waals surface area contributed by atoms with Crippen molar-refractivity contribution < 1.29 is 73.3 Å². The molecular formula is C43H63N9O15. The number of carbonyl (C=O) groups is 7.